The Balaban J connectivity index is 1.71. The highest BCUT2D eigenvalue weighted by molar-refractivity contribution is 9.10. The molecular formula is C18H18BrNO2. The summed E-state index contributed by atoms with van der Waals surface area (Å²) in [6, 6.07) is 17.8. The molecule has 0 unspecified atom stereocenters. The molecule has 0 aliphatic heterocycles. The lowest BCUT2D eigenvalue weighted by Crippen LogP contribution is -2.44. The Bertz CT molecular complexity index is 623. The number of anilines is 1. The molecule has 0 bridgehead atoms. The normalized spacial score (nSPS) is 14.2. The molecule has 0 radical (unpaired) electrons. The minimum atomic E-state index is -0.268. The van der Waals surface area contributed by atoms with Gasteiger partial charge in [0.25, 0.3) is 0 Å². The number of halogens is 1. The number of rotatable bonds is 4. The Labute approximate surface area is 139 Å². The fraction of sp³-hybridized carbons (Fsp3) is 0.278. The van der Waals surface area contributed by atoms with E-state index in [0.717, 1.165) is 28.6 Å². The molecule has 0 aromatic heterocycles. The average Bonchev–Trinajstić information content (AvgIpc) is 2.50. The van der Waals surface area contributed by atoms with Gasteiger partial charge < -0.3 is 4.74 Å². The van der Waals surface area contributed by atoms with E-state index < -0.39 is 0 Å². The van der Waals surface area contributed by atoms with E-state index in [1.807, 2.05) is 54.6 Å². The average molecular weight is 360 g/mol. The van der Waals surface area contributed by atoms with Crippen LogP contribution in [0.1, 0.15) is 24.8 Å². The van der Waals surface area contributed by atoms with Gasteiger partial charge in [-0.25, -0.2) is 4.79 Å². The van der Waals surface area contributed by atoms with Crippen LogP contribution in [0.15, 0.2) is 59.1 Å². The zero-order valence-corrected chi connectivity index (χ0v) is 13.8. The maximum Gasteiger partial charge on any atom is 0.414 e. The van der Waals surface area contributed by atoms with E-state index >= 15 is 0 Å². The number of amides is 1. The minimum Gasteiger partial charge on any atom is -0.444 e. The van der Waals surface area contributed by atoms with Crippen molar-refractivity contribution in [1.29, 1.82) is 0 Å². The summed E-state index contributed by atoms with van der Waals surface area (Å²) in [4.78, 5) is 14.3. The van der Waals surface area contributed by atoms with Crippen molar-refractivity contribution in [2.75, 3.05) is 4.90 Å². The summed E-state index contributed by atoms with van der Waals surface area (Å²) < 4.78 is 6.51. The van der Waals surface area contributed by atoms with Crippen LogP contribution in [0.25, 0.3) is 0 Å². The number of carbonyl (C=O) groups excluding carboxylic acids is 1. The van der Waals surface area contributed by atoms with E-state index in [2.05, 4.69) is 15.9 Å². The molecule has 0 saturated heterocycles. The number of carbonyl (C=O) groups is 1. The van der Waals surface area contributed by atoms with Crippen molar-refractivity contribution >= 4 is 27.7 Å². The topological polar surface area (TPSA) is 29.5 Å². The third-order valence-corrected chi connectivity index (χ3v) is 4.48. The van der Waals surface area contributed by atoms with Crippen molar-refractivity contribution in [3.8, 4) is 0 Å². The van der Waals surface area contributed by atoms with Gasteiger partial charge in [-0.3, -0.25) is 4.90 Å². The Morgan fingerprint density at radius 1 is 1.09 bits per heavy atom. The molecule has 4 heteroatoms. The molecule has 2 aromatic rings. The smallest absolute Gasteiger partial charge is 0.414 e. The van der Waals surface area contributed by atoms with Gasteiger partial charge in [-0.2, -0.15) is 0 Å². The summed E-state index contributed by atoms with van der Waals surface area (Å²) in [6.45, 7) is 0.305. The summed E-state index contributed by atoms with van der Waals surface area (Å²) in [5.41, 5.74) is 1.89. The Morgan fingerprint density at radius 3 is 2.36 bits per heavy atom. The molecule has 0 N–H and O–H groups in total. The fourth-order valence-corrected chi connectivity index (χ4v) is 2.77. The monoisotopic (exact) mass is 359 g/mol. The van der Waals surface area contributed by atoms with Crippen LogP contribution in [0.2, 0.25) is 0 Å². The van der Waals surface area contributed by atoms with Crippen LogP contribution in [0.3, 0.4) is 0 Å². The van der Waals surface area contributed by atoms with Crippen molar-refractivity contribution in [1.82, 2.24) is 0 Å². The zero-order chi connectivity index (χ0) is 15.4. The fourth-order valence-electron chi connectivity index (χ4n) is 2.50. The van der Waals surface area contributed by atoms with E-state index in [1.54, 1.807) is 4.90 Å². The van der Waals surface area contributed by atoms with Crippen LogP contribution in [-0.4, -0.2) is 12.1 Å². The molecule has 0 atom stereocenters. The molecule has 1 aliphatic carbocycles. The highest BCUT2D eigenvalue weighted by Crippen LogP contribution is 2.31. The Kier molecular flexibility index (Phi) is 4.78. The first-order chi connectivity index (χ1) is 10.7. The van der Waals surface area contributed by atoms with Gasteiger partial charge in [0.15, 0.2) is 0 Å². The predicted octanol–water partition coefficient (Wildman–Crippen LogP) is 5.14. The van der Waals surface area contributed by atoms with Gasteiger partial charge in [0.05, 0.1) is 0 Å². The molecule has 2 aromatic carbocycles. The van der Waals surface area contributed by atoms with Crippen molar-refractivity contribution in [3.05, 3.63) is 64.6 Å². The molecule has 1 aliphatic rings. The van der Waals surface area contributed by atoms with Crippen LogP contribution in [0.5, 0.6) is 0 Å². The van der Waals surface area contributed by atoms with Crippen LogP contribution >= 0.6 is 15.9 Å². The van der Waals surface area contributed by atoms with Gasteiger partial charge in [0.1, 0.15) is 6.61 Å². The van der Waals surface area contributed by atoms with Gasteiger partial charge in [-0.15, -0.1) is 0 Å². The summed E-state index contributed by atoms with van der Waals surface area (Å²) in [6.07, 6.45) is 2.98. The summed E-state index contributed by atoms with van der Waals surface area (Å²) >= 11 is 3.43. The molecule has 1 amide bonds. The predicted molar refractivity (Wildman–Crippen MR) is 90.9 cm³/mol. The first-order valence-electron chi connectivity index (χ1n) is 7.49. The van der Waals surface area contributed by atoms with E-state index in [-0.39, 0.29) is 12.1 Å². The minimum absolute atomic E-state index is 0.254. The third-order valence-electron chi connectivity index (χ3n) is 3.95. The lowest BCUT2D eigenvalue weighted by Gasteiger charge is -2.36. The first kappa shape index (κ1) is 15.1. The van der Waals surface area contributed by atoms with E-state index in [9.17, 15) is 4.79 Å². The second-order valence-corrected chi connectivity index (χ2v) is 6.39. The molecule has 3 nitrogen and oxygen atoms in total. The SMILES string of the molecule is O=C(OCc1ccccc1)N(c1ccc(Br)cc1)C1CCC1. The molecule has 1 saturated carbocycles. The maximum absolute atomic E-state index is 12.5. The van der Waals surface area contributed by atoms with Gasteiger partial charge in [0, 0.05) is 16.2 Å². The molecule has 3 rings (SSSR count). The maximum atomic E-state index is 12.5. The standard InChI is InChI=1S/C18H18BrNO2/c19-15-9-11-17(12-10-15)20(16-7-4-8-16)18(21)22-13-14-5-2-1-3-6-14/h1-3,5-6,9-12,16H,4,7-8,13H2. The first-order valence-corrected chi connectivity index (χ1v) is 8.29. The van der Waals surface area contributed by atoms with Gasteiger partial charge in [0.2, 0.25) is 0 Å². The molecule has 0 spiro atoms. The largest absolute Gasteiger partial charge is 0.444 e. The van der Waals surface area contributed by atoms with Gasteiger partial charge in [-0.1, -0.05) is 46.3 Å². The Morgan fingerprint density at radius 2 is 1.77 bits per heavy atom. The van der Waals surface area contributed by atoms with Crippen molar-refractivity contribution in [2.24, 2.45) is 0 Å². The van der Waals surface area contributed by atoms with Crippen molar-refractivity contribution < 1.29 is 9.53 Å². The quantitative estimate of drug-likeness (QED) is 0.755. The lowest BCUT2D eigenvalue weighted by atomic mass is 9.91. The number of benzene rings is 2. The summed E-state index contributed by atoms with van der Waals surface area (Å²) in [5, 5.41) is 0. The van der Waals surface area contributed by atoms with Crippen molar-refractivity contribution in [2.45, 2.75) is 31.9 Å². The van der Waals surface area contributed by atoms with Crippen LogP contribution in [-0.2, 0) is 11.3 Å². The van der Waals surface area contributed by atoms with Crippen LogP contribution in [0.4, 0.5) is 10.5 Å². The molecule has 22 heavy (non-hydrogen) atoms. The number of ether oxygens (including phenoxy) is 1. The van der Waals surface area contributed by atoms with Crippen LogP contribution < -0.4 is 4.90 Å². The second kappa shape index (κ2) is 6.97. The summed E-state index contributed by atoms with van der Waals surface area (Å²) in [7, 11) is 0. The molecule has 114 valence electrons. The third kappa shape index (κ3) is 3.50. The second-order valence-electron chi connectivity index (χ2n) is 5.47. The lowest BCUT2D eigenvalue weighted by molar-refractivity contribution is 0.141. The van der Waals surface area contributed by atoms with Crippen LogP contribution in [0, 0.1) is 0 Å². The molecule has 1 fully saturated rings. The zero-order valence-electron chi connectivity index (χ0n) is 12.2. The van der Waals surface area contributed by atoms with Crippen molar-refractivity contribution in [3.63, 3.8) is 0 Å². The summed E-state index contributed by atoms with van der Waals surface area (Å²) in [5.74, 6) is 0. The molecule has 0 heterocycles. The highest BCUT2D eigenvalue weighted by Gasteiger charge is 2.31. The van der Waals surface area contributed by atoms with E-state index in [1.165, 1.54) is 6.42 Å². The number of hydrogen-bond donors (Lipinski definition) is 0. The highest BCUT2D eigenvalue weighted by atomic mass is 79.9. The number of hydrogen-bond acceptors (Lipinski definition) is 2. The molecular weight excluding hydrogens is 342 g/mol. The van der Waals surface area contributed by atoms with Gasteiger partial charge >= 0.3 is 6.09 Å². The van der Waals surface area contributed by atoms with Gasteiger partial charge in [-0.05, 0) is 49.1 Å². The van der Waals surface area contributed by atoms with E-state index in [0.29, 0.717) is 6.61 Å². The Hall–Kier alpha value is -1.81. The van der Waals surface area contributed by atoms with E-state index in [4.69, 9.17) is 4.74 Å². The number of nitrogens with zero attached hydrogens (tertiary/aromatic N) is 1.